The number of carbonyl (C=O) groups is 2. The molecule has 1 amide bonds. The second-order valence-corrected chi connectivity index (χ2v) is 5.39. The highest BCUT2D eigenvalue weighted by molar-refractivity contribution is 5.85. The summed E-state index contributed by atoms with van der Waals surface area (Å²) in [6, 6.07) is 8.51. The maximum atomic E-state index is 13.6. The number of rotatable bonds is 7. The van der Waals surface area contributed by atoms with Crippen LogP contribution in [0.25, 0.3) is 0 Å². The fourth-order valence-electron chi connectivity index (χ4n) is 2.37. The van der Waals surface area contributed by atoms with Crippen molar-refractivity contribution in [1.29, 1.82) is 0 Å². The Bertz CT molecular complexity index is 779. The Morgan fingerprint density at radius 1 is 1.16 bits per heavy atom. The summed E-state index contributed by atoms with van der Waals surface area (Å²) in [5.41, 5.74) is 0.603. The summed E-state index contributed by atoms with van der Waals surface area (Å²) in [5, 5.41) is 11.7. The molecule has 0 saturated carbocycles. The van der Waals surface area contributed by atoms with Crippen LogP contribution in [0, 0.1) is 11.6 Å². The smallest absolute Gasteiger partial charge is 0.326 e. The van der Waals surface area contributed by atoms with Crippen molar-refractivity contribution in [3.63, 3.8) is 0 Å². The molecule has 0 aliphatic carbocycles. The molecule has 5 nitrogen and oxygen atoms in total. The topological polar surface area (TPSA) is 75.6 Å². The molecule has 132 valence electrons. The number of carboxylic acid groups (broad SMARTS) is 1. The van der Waals surface area contributed by atoms with E-state index in [9.17, 15) is 23.5 Å². The molecule has 2 N–H and O–H groups in total. The average Bonchev–Trinajstić information content (AvgIpc) is 2.57. The standard InChI is InChI=1S/C18H17F2NO4/c1-25-16-5-3-2-4-12(16)8-15(18(23)24)21-17(22)9-11-6-7-13(19)10-14(11)20/h2-7,10,15H,8-9H2,1H3,(H,21,22)(H,23,24)/t15-/m1/s1. The number of carboxylic acids is 1. The van der Waals surface area contributed by atoms with Gasteiger partial charge < -0.3 is 15.2 Å². The number of hydrogen-bond donors (Lipinski definition) is 2. The third-order valence-corrected chi connectivity index (χ3v) is 3.62. The lowest BCUT2D eigenvalue weighted by atomic mass is 10.0. The first-order valence-corrected chi connectivity index (χ1v) is 7.48. The van der Waals surface area contributed by atoms with Gasteiger partial charge in [0.1, 0.15) is 23.4 Å². The zero-order valence-electron chi connectivity index (χ0n) is 13.5. The molecule has 0 spiro atoms. The van der Waals surface area contributed by atoms with Gasteiger partial charge in [-0.2, -0.15) is 0 Å². The Labute approximate surface area is 143 Å². The lowest BCUT2D eigenvalue weighted by Gasteiger charge is -2.16. The van der Waals surface area contributed by atoms with Crippen LogP contribution in [0.3, 0.4) is 0 Å². The highest BCUT2D eigenvalue weighted by atomic mass is 19.1. The molecule has 7 heteroatoms. The summed E-state index contributed by atoms with van der Waals surface area (Å²) in [7, 11) is 1.46. The maximum Gasteiger partial charge on any atom is 0.326 e. The van der Waals surface area contributed by atoms with Crippen LogP contribution in [0.15, 0.2) is 42.5 Å². The van der Waals surface area contributed by atoms with E-state index in [1.165, 1.54) is 7.11 Å². The van der Waals surface area contributed by atoms with E-state index in [1.54, 1.807) is 24.3 Å². The minimum atomic E-state index is -1.22. The number of carbonyl (C=O) groups excluding carboxylic acids is 1. The van der Waals surface area contributed by atoms with Gasteiger partial charge in [-0.1, -0.05) is 24.3 Å². The van der Waals surface area contributed by atoms with Gasteiger partial charge in [0.2, 0.25) is 5.91 Å². The van der Waals surface area contributed by atoms with Crippen LogP contribution in [0.2, 0.25) is 0 Å². The van der Waals surface area contributed by atoms with Gasteiger partial charge in [-0.15, -0.1) is 0 Å². The number of hydrogen-bond acceptors (Lipinski definition) is 3. The largest absolute Gasteiger partial charge is 0.496 e. The van der Waals surface area contributed by atoms with Gasteiger partial charge in [0.05, 0.1) is 13.5 Å². The number of aliphatic carboxylic acids is 1. The van der Waals surface area contributed by atoms with Crippen LogP contribution in [0.4, 0.5) is 8.78 Å². The number of nitrogens with one attached hydrogen (secondary N) is 1. The molecule has 0 heterocycles. The second-order valence-electron chi connectivity index (χ2n) is 5.39. The molecule has 2 aromatic rings. The van der Waals surface area contributed by atoms with Crippen LogP contribution in [0.5, 0.6) is 5.75 Å². The van der Waals surface area contributed by atoms with Crippen molar-refractivity contribution in [3.05, 3.63) is 65.2 Å². The summed E-state index contributed by atoms with van der Waals surface area (Å²) in [4.78, 5) is 23.5. The third-order valence-electron chi connectivity index (χ3n) is 3.62. The van der Waals surface area contributed by atoms with Crippen molar-refractivity contribution >= 4 is 11.9 Å². The number of para-hydroxylation sites is 1. The number of methoxy groups -OCH3 is 1. The molecular formula is C18H17F2NO4. The average molecular weight is 349 g/mol. The fourth-order valence-corrected chi connectivity index (χ4v) is 2.37. The quantitative estimate of drug-likeness (QED) is 0.804. The Hall–Kier alpha value is -2.96. The fraction of sp³-hybridized carbons (Fsp3) is 0.222. The Kier molecular flexibility index (Phi) is 6.05. The van der Waals surface area contributed by atoms with Gasteiger partial charge in [0, 0.05) is 12.5 Å². The van der Waals surface area contributed by atoms with Gasteiger partial charge in [-0.25, -0.2) is 13.6 Å². The van der Waals surface area contributed by atoms with Gasteiger partial charge in [0.25, 0.3) is 0 Å². The van der Waals surface area contributed by atoms with E-state index in [-0.39, 0.29) is 18.4 Å². The molecule has 0 aromatic heterocycles. The van der Waals surface area contributed by atoms with Gasteiger partial charge in [-0.05, 0) is 23.3 Å². The van der Waals surface area contributed by atoms with Crippen LogP contribution < -0.4 is 10.1 Å². The summed E-state index contributed by atoms with van der Waals surface area (Å²) < 4.78 is 31.6. The molecule has 2 rings (SSSR count). The summed E-state index contributed by atoms with van der Waals surface area (Å²) in [6.45, 7) is 0. The molecule has 0 radical (unpaired) electrons. The van der Waals surface area contributed by atoms with Crippen molar-refractivity contribution in [3.8, 4) is 5.75 Å². The summed E-state index contributed by atoms with van der Waals surface area (Å²) in [5.74, 6) is -2.99. The molecule has 0 bridgehead atoms. The predicted molar refractivity (Wildman–Crippen MR) is 86.3 cm³/mol. The van der Waals surface area contributed by atoms with Crippen molar-refractivity contribution < 1.29 is 28.2 Å². The first kappa shape index (κ1) is 18.4. The SMILES string of the molecule is COc1ccccc1C[C@@H](NC(=O)Cc1ccc(F)cc1F)C(=O)O. The van der Waals surface area contributed by atoms with Gasteiger partial charge in [-0.3, -0.25) is 4.79 Å². The monoisotopic (exact) mass is 349 g/mol. The lowest BCUT2D eigenvalue weighted by Crippen LogP contribution is -2.43. The van der Waals surface area contributed by atoms with Crippen LogP contribution in [-0.2, 0) is 22.4 Å². The van der Waals surface area contributed by atoms with Crippen molar-refractivity contribution in [2.24, 2.45) is 0 Å². The zero-order chi connectivity index (χ0) is 18.4. The Morgan fingerprint density at radius 3 is 2.52 bits per heavy atom. The first-order chi connectivity index (χ1) is 11.9. The summed E-state index contributed by atoms with van der Waals surface area (Å²) in [6.07, 6.45) is -0.376. The van der Waals surface area contributed by atoms with Gasteiger partial charge in [0.15, 0.2) is 0 Å². The molecule has 0 fully saturated rings. The van der Waals surface area contributed by atoms with E-state index >= 15 is 0 Å². The molecule has 0 aliphatic rings. The molecule has 2 aromatic carbocycles. The molecular weight excluding hydrogens is 332 g/mol. The molecule has 0 saturated heterocycles. The van der Waals surface area contributed by atoms with Gasteiger partial charge >= 0.3 is 5.97 Å². The first-order valence-electron chi connectivity index (χ1n) is 7.48. The molecule has 0 unspecified atom stereocenters. The van der Waals surface area contributed by atoms with Crippen LogP contribution >= 0.6 is 0 Å². The Balaban J connectivity index is 2.08. The number of ether oxygens (including phenoxy) is 1. The number of halogens is 2. The minimum Gasteiger partial charge on any atom is -0.496 e. The van der Waals surface area contributed by atoms with E-state index in [4.69, 9.17) is 4.74 Å². The molecule has 1 atom stereocenters. The number of benzene rings is 2. The zero-order valence-corrected chi connectivity index (χ0v) is 13.5. The lowest BCUT2D eigenvalue weighted by molar-refractivity contribution is -0.141. The van der Waals surface area contributed by atoms with Crippen molar-refractivity contribution in [2.45, 2.75) is 18.9 Å². The van der Waals surface area contributed by atoms with Crippen LogP contribution in [-0.4, -0.2) is 30.1 Å². The molecule has 25 heavy (non-hydrogen) atoms. The van der Waals surface area contributed by atoms with E-state index in [0.29, 0.717) is 17.4 Å². The third kappa shape index (κ3) is 5.00. The highest BCUT2D eigenvalue weighted by Crippen LogP contribution is 2.19. The van der Waals surface area contributed by atoms with E-state index < -0.39 is 29.6 Å². The predicted octanol–water partition coefficient (Wildman–Crippen LogP) is 2.33. The second kappa shape index (κ2) is 8.23. The minimum absolute atomic E-state index is 0.0109. The van der Waals surface area contributed by atoms with E-state index in [2.05, 4.69) is 5.32 Å². The summed E-state index contributed by atoms with van der Waals surface area (Å²) >= 11 is 0. The maximum absolute atomic E-state index is 13.6. The van der Waals surface area contributed by atoms with E-state index in [1.807, 2.05) is 0 Å². The number of amides is 1. The Morgan fingerprint density at radius 2 is 1.88 bits per heavy atom. The van der Waals surface area contributed by atoms with Crippen LogP contribution in [0.1, 0.15) is 11.1 Å². The van der Waals surface area contributed by atoms with Crippen molar-refractivity contribution in [2.75, 3.05) is 7.11 Å². The highest BCUT2D eigenvalue weighted by Gasteiger charge is 2.22. The molecule has 0 aliphatic heterocycles. The van der Waals surface area contributed by atoms with E-state index in [0.717, 1.165) is 12.1 Å². The van der Waals surface area contributed by atoms with Crippen molar-refractivity contribution in [1.82, 2.24) is 5.32 Å². The normalized spacial score (nSPS) is 11.6.